The van der Waals surface area contributed by atoms with Crippen molar-refractivity contribution >= 4 is 29.0 Å². The van der Waals surface area contributed by atoms with Crippen LogP contribution in [0.3, 0.4) is 0 Å². The monoisotopic (exact) mass is 359 g/mol. The van der Waals surface area contributed by atoms with Gasteiger partial charge in [-0.25, -0.2) is 4.68 Å². The first kappa shape index (κ1) is 15.4. The molecule has 1 aliphatic heterocycles. The number of hydrogen-bond acceptors (Lipinski definition) is 3. The van der Waals surface area contributed by atoms with Crippen LogP contribution in [0.4, 0.5) is 5.82 Å². The molecule has 0 unspecified atom stereocenters. The fourth-order valence-corrected chi connectivity index (χ4v) is 3.38. The number of hydrogen-bond donors (Lipinski definition) is 1. The fraction of sp³-hybridized carbons (Fsp3) is 0.167. The standard InChI is InChI=1S/C18H15Cl2N3O/c1-24-12-7-5-11(6-8-12)23-18-14(9-10-21-18)17(22-23)13-3-2-4-15(19)16(13)20/h2-8,21H,9-10H2,1H3. The van der Waals surface area contributed by atoms with E-state index in [1.54, 1.807) is 13.2 Å². The number of methoxy groups -OCH3 is 1. The highest BCUT2D eigenvalue weighted by atomic mass is 35.5. The smallest absolute Gasteiger partial charge is 0.133 e. The molecule has 24 heavy (non-hydrogen) atoms. The Morgan fingerprint density at radius 2 is 1.92 bits per heavy atom. The third-order valence-electron chi connectivity index (χ3n) is 4.17. The van der Waals surface area contributed by atoms with Crippen LogP contribution in [0.1, 0.15) is 5.56 Å². The SMILES string of the molecule is COc1ccc(-n2nc(-c3cccc(Cl)c3Cl)c3c2NCC3)cc1. The lowest BCUT2D eigenvalue weighted by atomic mass is 10.1. The van der Waals surface area contributed by atoms with E-state index in [1.807, 2.05) is 41.1 Å². The van der Waals surface area contributed by atoms with Crippen molar-refractivity contribution in [3.63, 3.8) is 0 Å². The Morgan fingerprint density at radius 3 is 2.67 bits per heavy atom. The van der Waals surface area contributed by atoms with Crippen molar-refractivity contribution < 1.29 is 4.74 Å². The normalized spacial score (nSPS) is 12.8. The number of anilines is 1. The van der Waals surface area contributed by atoms with Gasteiger partial charge in [-0.15, -0.1) is 0 Å². The summed E-state index contributed by atoms with van der Waals surface area (Å²) in [5, 5.41) is 9.28. The topological polar surface area (TPSA) is 39.1 Å². The zero-order valence-electron chi connectivity index (χ0n) is 13.0. The molecule has 0 saturated heterocycles. The van der Waals surface area contributed by atoms with Crippen LogP contribution in [0.5, 0.6) is 5.75 Å². The van der Waals surface area contributed by atoms with Crippen LogP contribution >= 0.6 is 23.2 Å². The maximum absolute atomic E-state index is 6.41. The molecule has 2 aromatic carbocycles. The molecule has 0 radical (unpaired) electrons. The molecule has 1 aromatic heterocycles. The van der Waals surface area contributed by atoms with Crippen LogP contribution in [0.2, 0.25) is 10.0 Å². The lowest BCUT2D eigenvalue weighted by Gasteiger charge is -2.07. The van der Waals surface area contributed by atoms with Crippen molar-refractivity contribution in [2.45, 2.75) is 6.42 Å². The molecule has 0 aliphatic carbocycles. The average Bonchev–Trinajstić information content (AvgIpc) is 3.20. The number of fused-ring (bicyclic) bond motifs is 1. The first-order chi connectivity index (χ1) is 11.7. The zero-order chi connectivity index (χ0) is 16.7. The number of nitrogens with zero attached hydrogens (tertiary/aromatic N) is 2. The van der Waals surface area contributed by atoms with Crippen molar-refractivity contribution in [2.24, 2.45) is 0 Å². The first-order valence-electron chi connectivity index (χ1n) is 7.63. The molecule has 0 bridgehead atoms. The Hall–Kier alpha value is -2.17. The molecule has 6 heteroatoms. The van der Waals surface area contributed by atoms with E-state index in [1.165, 1.54) is 0 Å². The summed E-state index contributed by atoms with van der Waals surface area (Å²) in [4.78, 5) is 0. The fourth-order valence-electron chi connectivity index (χ4n) is 2.99. The Morgan fingerprint density at radius 1 is 1.12 bits per heavy atom. The summed E-state index contributed by atoms with van der Waals surface area (Å²) in [5.41, 5.74) is 3.86. The Kier molecular flexibility index (Phi) is 3.87. The van der Waals surface area contributed by atoms with Crippen molar-refractivity contribution in [2.75, 3.05) is 19.0 Å². The van der Waals surface area contributed by atoms with Crippen LogP contribution in [0.15, 0.2) is 42.5 Å². The minimum atomic E-state index is 0.535. The highest BCUT2D eigenvalue weighted by molar-refractivity contribution is 6.43. The molecule has 0 saturated carbocycles. The molecule has 3 aromatic rings. The van der Waals surface area contributed by atoms with E-state index in [2.05, 4.69) is 5.32 Å². The van der Waals surface area contributed by atoms with E-state index in [0.29, 0.717) is 10.0 Å². The summed E-state index contributed by atoms with van der Waals surface area (Å²) in [6.07, 6.45) is 0.906. The van der Waals surface area contributed by atoms with Crippen LogP contribution < -0.4 is 10.1 Å². The van der Waals surface area contributed by atoms with Crippen molar-refractivity contribution in [1.82, 2.24) is 9.78 Å². The van der Waals surface area contributed by atoms with Gasteiger partial charge in [0.25, 0.3) is 0 Å². The maximum atomic E-state index is 6.41. The van der Waals surface area contributed by atoms with Crippen molar-refractivity contribution in [3.8, 4) is 22.7 Å². The zero-order valence-corrected chi connectivity index (χ0v) is 14.5. The summed E-state index contributed by atoms with van der Waals surface area (Å²) in [6, 6.07) is 13.4. The maximum Gasteiger partial charge on any atom is 0.133 e. The number of rotatable bonds is 3. The quantitative estimate of drug-likeness (QED) is 0.728. The molecule has 4 nitrogen and oxygen atoms in total. The van der Waals surface area contributed by atoms with Crippen LogP contribution in [-0.2, 0) is 6.42 Å². The Labute approximate surface area is 150 Å². The second kappa shape index (κ2) is 6.04. The van der Waals surface area contributed by atoms with Gasteiger partial charge in [0, 0.05) is 17.7 Å². The van der Waals surface area contributed by atoms with E-state index in [0.717, 1.165) is 47.0 Å². The summed E-state index contributed by atoms with van der Waals surface area (Å²) in [5.74, 6) is 1.82. The molecular formula is C18H15Cl2N3O. The second-order valence-corrected chi connectivity index (χ2v) is 6.35. The van der Waals surface area contributed by atoms with Gasteiger partial charge in [0.05, 0.1) is 28.5 Å². The van der Waals surface area contributed by atoms with Gasteiger partial charge >= 0.3 is 0 Å². The van der Waals surface area contributed by atoms with E-state index < -0.39 is 0 Å². The van der Waals surface area contributed by atoms with Gasteiger partial charge in [-0.2, -0.15) is 5.10 Å². The highest BCUT2D eigenvalue weighted by Crippen LogP contribution is 2.39. The molecule has 2 heterocycles. The highest BCUT2D eigenvalue weighted by Gasteiger charge is 2.25. The van der Waals surface area contributed by atoms with Crippen LogP contribution in [0.25, 0.3) is 16.9 Å². The van der Waals surface area contributed by atoms with E-state index in [4.69, 9.17) is 33.0 Å². The third kappa shape index (κ3) is 2.43. The molecular weight excluding hydrogens is 345 g/mol. The number of halogens is 2. The minimum Gasteiger partial charge on any atom is -0.497 e. The Balaban J connectivity index is 1.87. The van der Waals surface area contributed by atoms with Gasteiger partial charge in [-0.05, 0) is 36.8 Å². The van der Waals surface area contributed by atoms with Gasteiger partial charge in [-0.3, -0.25) is 0 Å². The molecule has 0 atom stereocenters. The minimum absolute atomic E-state index is 0.535. The van der Waals surface area contributed by atoms with Crippen LogP contribution in [-0.4, -0.2) is 23.4 Å². The molecule has 0 fully saturated rings. The average molecular weight is 360 g/mol. The van der Waals surface area contributed by atoms with Crippen molar-refractivity contribution in [1.29, 1.82) is 0 Å². The summed E-state index contributed by atoms with van der Waals surface area (Å²) < 4.78 is 7.13. The summed E-state index contributed by atoms with van der Waals surface area (Å²) >= 11 is 12.6. The van der Waals surface area contributed by atoms with Crippen LogP contribution in [0, 0.1) is 0 Å². The largest absolute Gasteiger partial charge is 0.497 e. The molecule has 122 valence electrons. The first-order valence-corrected chi connectivity index (χ1v) is 8.39. The molecule has 4 rings (SSSR count). The van der Waals surface area contributed by atoms with E-state index in [9.17, 15) is 0 Å². The third-order valence-corrected chi connectivity index (χ3v) is 4.99. The van der Waals surface area contributed by atoms with Crippen molar-refractivity contribution in [3.05, 3.63) is 58.1 Å². The van der Waals surface area contributed by atoms with Gasteiger partial charge in [0.2, 0.25) is 0 Å². The number of nitrogens with one attached hydrogen (secondary N) is 1. The Bertz CT molecular complexity index is 903. The lowest BCUT2D eigenvalue weighted by molar-refractivity contribution is 0.414. The molecule has 0 spiro atoms. The summed E-state index contributed by atoms with van der Waals surface area (Å²) in [7, 11) is 1.65. The van der Waals surface area contributed by atoms with Gasteiger partial charge in [-0.1, -0.05) is 35.3 Å². The van der Waals surface area contributed by atoms with Gasteiger partial charge in [0.15, 0.2) is 0 Å². The molecule has 0 amide bonds. The molecule has 1 aliphatic rings. The predicted octanol–water partition coefficient (Wildman–Crippen LogP) is 4.82. The number of aromatic nitrogens is 2. The summed E-state index contributed by atoms with van der Waals surface area (Å²) in [6.45, 7) is 0.883. The number of benzene rings is 2. The van der Waals surface area contributed by atoms with E-state index >= 15 is 0 Å². The molecule has 1 N–H and O–H groups in total. The lowest BCUT2D eigenvalue weighted by Crippen LogP contribution is -2.04. The predicted molar refractivity (Wildman–Crippen MR) is 97.8 cm³/mol. The van der Waals surface area contributed by atoms with E-state index in [-0.39, 0.29) is 0 Å². The van der Waals surface area contributed by atoms with Gasteiger partial charge in [0.1, 0.15) is 11.6 Å². The van der Waals surface area contributed by atoms with Gasteiger partial charge < -0.3 is 10.1 Å². The number of ether oxygens (including phenoxy) is 1. The second-order valence-electron chi connectivity index (χ2n) is 5.56.